The average Bonchev–Trinajstić information content (AvgIpc) is 3.02. The normalized spacial score (nSPS) is 18.5. The molecular formula is C16H22N4O3. The van der Waals surface area contributed by atoms with E-state index in [9.17, 15) is 4.79 Å². The molecule has 7 heteroatoms. The molecule has 0 saturated carbocycles. The minimum atomic E-state index is -0.0686. The molecule has 7 nitrogen and oxygen atoms in total. The zero-order valence-corrected chi connectivity index (χ0v) is 13.3. The molecule has 1 aromatic carbocycles. The highest BCUT2D eigenvalue weighted by Crippen LogP contribution is 2.31. The van der Waals surface area contributed by atoms with Crippen LogP contribution in [0.25, 0.3) is 0 Å². The molecule has 1 saturated heterocycles. The van der Waals surface area contributed by atoms with Crippen molar-refractivity contribution in [2.45, 2.75) is 6.42 Å². The van der Waals surface area contributed by atoms with E-state index in [4.69, 9.17) is 9.47 Å². The summed E-state index contributed by atoms with van der Waals surface area (Å²) in [6, 6.07) is 5.54. The SMILES string of the molecule is CN1CCN(CCC(=O)N/N=C/c2ccc3c(c2)OCO3)CC1. The van der Waals surface area contributed by atoms with Crippen molar-refractivity contribution in [3.8, 4) is 11.5 Å². The number of hydrogen-bond donors (Lipinski definition) is 1. The van der Waals surface area contributed by atoms with E-state index in [1.54, 1.807) is 6.21 Å². The molecule has 1 N–H and O–H groups in total. The van der Waals surface area contributed by atoms with Crippen molar-refractivity contribution in [3.05, 3.63) is 23.8 Å². The quantitative estimate of drug-likeness (QED) is 0.633. The number of benzene rings is 1. The fourth-order valence-corrected chi connectivity index (χ4v) is 2.56. The lowest BCUT2D eigenvalue weighted by Gasteiger charge is -2.32. The van der Waals surface area contributed by atoms with E-state index in [1.807, 2.05) is 18.2 Å². The third kappa shape index (κ3) is 4.43. The van der Waals surface area contributed by atoms with Crippen LogP contribution < -0.4 is 14.9 Å². The molecule has 23 heavy (non-hydrogen) atoms. The largest absolute Gasteiger partial charge is 0.454 e. The van der Waals surface area contributed by atoms with Crippen molar-refractivity contribution in [2.75, 3.05) is 46.6 Å². The summed E-state index contributed by atoms with van der Waals surface area (Å²) in [6.07, 6.45) is 2.07. The minimum absolute atomic E-state index is 0.0686. The number of nitrogens with one attached hydrogen (secondary N) is 1. The van der Waals surface area contributed by atoms with E-state index in [1.165, 1.54) is 0 Å². The van der Waals surface area contributed by atoms with Crippen molar-refractivity contribution in [3.63, 3.8) is 0 Å². The number of amides is 1. The van der Waals surface area contributed by atoms with Crippen LogP contribution in [0.15, 0.2) is 23.3 Å². The number of rotatable bonds is 5. The molecule has 0 aliphatic carbocycles. The number of nitrogens with zero attached hydrogens (tertiary/aromatic N) is 3. The Labute approximate surface area is 135 Å². The highest BCUT2D eigenvalue weighted by atomic mass is 16.7. The van der Waals surface area contributed by atoms with Crippen molar-refractivity contribution >= 4 is 12.1 Å². The Bertz CT molecular complexity index is 583. The molecule has 0 spiro atoms. The molecule has 0 aromatic heterocycles. The first-order chi connectivity index (χ1) is 11.2. The molecule has 0 unspecified atom stereocenters. The van der Waals surface area contributed by atoms with Gasteiger partial charge in [0.2, 0.25) is 12.7 Å². The van der Waals surface area contributed by atoms with E-state index in [0.717, 1.165) is 44.0 Å². The first-order valence-electron chi connectivity index (χ1n) is 7.83. The van der Waals surface area contributed by atoms with Crippen LogP contribution in [0, 0.1) is 0 Å². The van der Waals surface area contributed by atoms with Gasteiger partial charge in [-0.25, -0.2) is 5.43 Å². The Hall–Kier alpha value is -2.12. The number of fused-ring (bicyclic) bond motifs is 1. The predicted molar refractivity (Wildman–Crippen MR) is 86.9 cm³/mol. The third-order valence-corrected chi connectivity index (χ3v) is 4.05. The van der Waals surface area contributed by atoms with Gasteiger partial charge in [0.15, 0.2) is 11.5 Å². The number of ether oxygens (including phenoxy) is 2. The minimum Gasteiger partial charge on any atom is -0.454 e. The molecule has 2 heterocycles. The van der Waals surface area contributed by atoms with Crippen LogP contribution in [-0.4, -0.2) is 68.5 Å². The second-order valence-corrected chi connectivity index (χ2v) is 5.80. The third-order valence-electron chi connectivity index (χ3n) is 4.05. The molecule has 2 aliphatic rings. The maximum Gasteiger partial charge on any atom is 0.241 e. The van der Waals surface area contributed by atoms with Crippen molar-refractivity contribution in [1.82, 2.24) is 15.2 Å². The van der Waals surface area contributed by atoms with E-state index in [-0.39, 0.29) is 12.7 Å². The predicted octanol–water partition coefficient (Wildman–Crippen LogP) is 0.503. The smallest absolute Gasteiger partial charge is 0.241 e. The Morgan fingerprint density at radius 1 is 1.26 bits per heavy atom. The van der Waals surface area contributed by atoms with Gasteiger partial charge in [-0.3, -0.25) is 4.79 Å². The van der Waals surface area contributed by atoms with Gasteiger partial charge in [0.25, 0.3) is 0 Å². The number of likely N-dealkylation sites (N-methyl/N-ethyl adjacent to an activating group) is 1. The van der Waals surface area contributed by atoms with E-state index in [0.29, 0.717) is 12.2 Å². The lowest BCUT2D eigenvalue weighted by molar-refractivity contribution is -0.121. The summed E-state index contributed by atoms with van der Waals surface area (Å²) in [4.78, 5) is 16.4. The number of piperazine rings is 1. The molecule has 0 bridgehead atoms. The first kappa shape index (κ1) is 15.8. The van der Waals surface area contributed by atoms with Crippen LogP contribution in [0.2, 0.25) is 0 Å². The van der Waals surface area contributed by atoms with Gasteiger partial charge in [0.1, 0.15) is 0 Å². The number of hydrazone groups is 1. The van der Waals surface area contributed by atoms with Crippen molar-refractivity contribution in [2.24, 2.45) is 5.10 Å². The van der Waals surface area contributed by atoms with Gasteiger partial charge in [0.05, 0.1) is 6.21 Å². The van der Waals surface area contributed by atoms with Crippen molar-refractivity contribution in [1.29, 1.82) is 0 Å². The van der Waals surface area contributed by atoms with Crippen LogP contribution in [-0.2, 0) is 4.79 Å². The summed E-state index contributed by atoms with van der Waals surface area (Å²) in [5, 5.41) is 4.00. The zero-order valence-electron chi connectivity index (χ0n) is 13.3. The Balaban J connectivity index is 1.40. The lowest BCUT2D eigenvalue weighted by Crippen LogP contribution is -2.45. The topological polar surface area (TPSA) is 66.4 Å². The average molecular weight is 318 g/mol. The molecule has 1 fully saturated rings. The molecule has 2 aliphatic heterocycles. The van der Waals surface area contributed by atoms with E-state index < -0.39 is 0 Å². The van der Waals surface area contributed by atoms with E-state index >= 15 is 0 Å². The Kier molecular flexibility index (Phi) is 5.09. The number of hydrogen-bond acceptors (Lipinski definition) is 6. The van der Waals surface area contributed by atoms with Crippen LogP contribution in [0.1, 0.15) is 12.0 Å². The summed E-state index contributed by atoms with van der Waals surface area (Å²) in [6.45, 7) is 5.18. The highest BCUT2D eigenvalue weighted by Gasteiger charge is 2.14. The Morgan fingerprint density at radius 2 is 2.04 bits per heavy atom. The molecule has 1 amide bonds. The lowest BCUT2D eigenvalue weighted by atomic mass is 10.2. The molecule has 1 aromatic rings. The maximum atomic E-state index is 11.8. The van der Waals surface area contributed by atoms with Gasteiger partial charge in [-0.05, 0) is 30.8 Å². The van der Waals surface area contributed by atoms with E-state index in [2.05, 4.69) is 27.4 Å². The fraction of sp³-hybridized carbons (Fsp3) is 0.500. The van der Waals surface area contributed by atoms with Crippen LogP contribution in [0.5, 0.6) is 11.5 Å². The maximum absolute atomic E-state index is 11.8. The van der Waals surface area contributed by atoms with Gasteiger partial charge in [-0.15, -0.1) is 0 Å². The number of carbonyl (C=O) groups excluding carboxylic acids is 1. The second-order valence-electron chi connectivity index (χ2n) is 5.80. The molecule has 124 valence electrons. The molecular weight excluding hydrogens is 296 g/mol. The standard InChI is InChI=1S/C16H22N4O3/c1-19-6-8-20(9-7-19)5-4-16(21)18-17-11-13-2-3-14-15(10-13)23-12-22-14/h2-3,10-11H,4-9,12H2,1H3,(H,18,21)/b17-11+. The van der Waals surface area contributed by atoms with Gasteiger partial charge in [-0.2, -0.15) is 5.10 Å². The summed E-state index contributed by atoms with van der Waals surface area (Å²) in [5.41, 5.74) is 3.42. The first-order valence-corrected chi connectivity index (χ1v) is 7.83. The number of carbonyl (C=O) groups is 1. The highest BCUT2D eigenvalue weighted by molar-refractivity contribution is 5.83. The molecule has 0 radical (unpaired) electrons. The van der Waals surface area contributed by atoms with Crippen LogP contribution in [0.4, 0.5) is 0 Å². The summed E-state index contributed by atoms with van der Waals surface area (Å²) >= 11 is 0. The zero-order chi connectivity index (χ0) is 16.1. The molecule has 0 atom stereocenters. The summed E-state index contributed by atoms with van der Waals surface area (Å²) in [7, 11) is 2.12. The Morgan fingerprint density at radius 3 is 2.87 bits per heavy atom. The molecule has 3 rings (SSSR count). The second kappa shape index (κ2) is 7.43. The van der Waals surface area contributed by atoms with Gasteiger partial charge >= 0.3 is 0 Å². The van der Waals surface area contributed by atoms with Gasteiger partial charge in [-0.1, -0.05) is 0 Å². The van der Waals surface area contributed by atoms with Crippen LogP contribution in [0.3, 0.4) is 0 Å². The summed E-state index contributed by atoms with van der Waals surface area (Å²) < 4.78 is 10.5. The van der Waals surface area contributed by atoms with Crippen LogP contribution >= 0.6 is 0 Å². The monoisotopic (exact) mass is 318 g/mol. The fourth-order valence-electron chi connectivity index (χ4n) is 2.56. The summed E-state index contributed by atoms with van der Waals surface area (Å²) in [5.74, 6) is 1.37. The van der Waals surface area contributed by atoms with Gasteiger partial charge in [0, 0.05) is 39.1 Å². The van der Waals surface area contributed by atoms with Gasteiger partial charge < -0.3 is 19.3 Å². The van der Waals surface area contributed by atoms with Crippen molar-refractivity contribution < 1.29 is 14.3 Å².